The minimum absolute atomic E-state index is 0.186. The Hall–Kier alpha value is -2.20. The topological polar surface area (TPSA) is 62.2 Å². The normalized spacial score (nSPS) is 20.6. The van der Waals surface area contributed by atoms with E-state index in [9.17, 15) is 9.90 Å². The number of hydrogen-bond acceptors (Lipinski definition) is 3. The number of aryl methyl sites for hydroxylation is 1. The first kappa shape index (κ1) is 13.8. The quantitative estimate of drug-likeness (QED) is 0.905. The molecule has 21 heavy (non-hydrogen) atoms. The molecule has 1 aromatic heterocycles. The van der Waals surface area contributed by atoms with Gasteiger partial charge in [-0.15, -0.1) is 0 Å². The third-order valence-corrected chi connectivity index (χ3v) is 4.04. The van der Waals surface area contributed by atoms with Crippen LogP contribution in [0.15, 0.2) is 48.8 Å². The van der Waals surface area contributed by atoms with Gasteiger partial charge in [-0.2, -0.15) is 0 Å². The molecule has 0 saturated carbocycles. The van der Waals surface area contributed by atoms with E-state index in [2.05, 4.69) is 10.3 Å². The Bertz CT molecular complexity index is 642. The van der Waals surface area contributed by atoms with Gasteiger partial charge in [0, 0.05) is 18.0 Å². The Morgan fingerprint density at radius 2 is 2.00 bits per heavy atom. The van der Waals surface area contributed by atoms with E-state index in [0.717, 1.165) is 18.4 Å². The highest BCUT2D eigenvalue weighted by Crippen LogP contribution is 2.34. The summed E-state index contributed by atoms with van der Waals surface area (Å²) in [7, 11) is 0. The summed E-state index contributed by atoms with van der Waals surface area (Å²) in [6.45, 7) is 0.227. The molecule has 4 heteroatoms. The van der Waals surface area contributed by atoms with Crippen LogP contribution in [0.4, 0.5) is 0 Å². The third kappa shape index (κ3) is 2.81. The minimum atomic E-state index is -0.975. The van der Waals surface area contributed by atoms with Crippen LogP contribution in [0, 0.1) is 0 Å². The number of amides is 1. The van der Waals surface area contributed by atoms with Gasteiger partial charge >= 0.3 is 0 Å². The first-order valence-corrected chi connectivity index (χ1v) is 7.18. The molecule has 2 aromatic rings. The molecule has 1 unspecified atom stereocenters. The molecule has 1 amide bonds. The zero-order valence-electron chi connectivity index (χ0n) is 11.7. The van der Waals surface area contributed by atoms with Crippen molar-refractivity contribution < 1.29 is 9.90 Å². The van der Waals surface area contributed by atoms with E-state index in [-0.39, 0.29) is 12.5 Å². The Morgan fingerprint density at radius 3 is 2.81 bits per heavy atom. The van der Waals surface area contributed by atoms with Crippen molar-refractivity contribution in [3.05, 3.63) is 65.5 Å². The van der Waals surface area contributed by atoms with Crippen LogP contribution in [0.2, 0.25) is 0 Å². The lowest BCUT2D eigenvalue weighted by Crippen LogP contribution is -2.43. The number of aliphatic hydroxyl groups is 1. The van der Waals surface area contributed by atoms with Gasteiger partial charge in [-0.1, -0.05) is 24.3 Å². The van der Waals surface area contributed by atoms with Crippen molar-refractivity contribution in [1.29, 1.82) is 0 Å². The molecule has 1 heterocycles. The monoisotopic (exact) mass is 282 g/mol. The van der Waals surface area contributed by atoms with Crippen LogP contribution in [-0.4, -0.2) is 22.5 Å². The van der Waals surface area contributed by atoms with Gasteiger partial charge < -0.3 is 10.4 Å². The summed E-state index contributed by atoms with van der Waals surface area (Å²) < 4.78 is 0. The van der Waals surface area contributed by atoms with E-state index < -0.39 is 5.60 Å². The summed E-state index contributed by atoms with van der Waals surface area (Å²) in [5, 5.41) is 13.7. The first-order chi connectivity index (χ1) is 10.2. The van der Waals surface area contributed by atoms with Gasteiger partial charge in [0.15, 0.2) is 0 Å². The van der Waals surface area contributed by atoms with Gasteiger partial charge in [0.05, 0.1) is 6.54 Å². The highest BCUT2D eigenvalue weighted by molar-refractivity contribution is 5.94. The largest absolute Gasteiger partial charge is 0.383 e. The van der Waals surface area contributed by atoms with Crippen molar-refractivity contribution in [3.63, 3.8) is 0 Å². The summed E-state index contributed by atoms with van der Waals surface area (Å²) in [5.74, 6) is -0.186. The molecular weight excluding hydrogens is 264 g/mol. The third-order valence-electron chi connectivity index (χ3n) is 4.04. The maximum atomic E-state index is 12.1. The van der Waals surface area contributed by atoms with E-state index in [1.54, 1.807) is 24.5 Å². The molecule has 3 rings (SSSR count). The smallest absolute Gasteiger partial charge is 0.251 e. The Balaban J connectivity index is 1.75. The lowest BCUT2D eigenvalue weighted by molar-refractivity contribution is 0.0189. The number of hydrogen-bond donors (Lipinski definition) is 2. The summed E-state index contributed by atoms with van der Waals surface area (Å²) in [4.78, 5) is 16.0. The van der Waals surface area contributed by atoms with Crippen LogP contribution >= 0.6 is 0 Å². The number of carbonyl (C=O) groups excluding carboxylic acids is 1. The summed E-state index contributed by atoms with van der Waals surface area (Å²) >= 11 is 0. The van der Waals surface area contributed by atoms with Crippen LogP contribution < -0.4 is 5.32 Å². The number of benzene rings is 1. The standard InChI is InChI=1S/C17H18N2O2/c20-16(14-7-10-18-11-8-14)19-12-17(21)9-3-5-13-4-1-2-6-15(13)17/h1-2,4,6-8,10-11,21H,3,5,9,12H2,(H,19,20). The molecular formula is C17H18N2O2. The van der Waals surface area contributed by atoms with Crippen LogP contribution in [0.5, 0.6) is 0 Å². The molecule has 0 radical (unpaired) electrons. The van der Waals surface area contributed by atoms with Crippen molar-refractivity contribution in [2.45, 2.75) is 24.9 Å². The van der Waals surface area contributed by atoms with E-state index in [0.29, 0.717) is 12.0 Å². The minimum Gasteiger partial charge on any atom is -0.383 e. The second-order valence-electron chi connectivity index (χ2n) is 5.46. The molecule has 4 nitrogen and oxygen atoms in total. The SMILES string of the molecule is O=C(NCC1(O)CCCc2ccccc21)c1ccncc1. The molecule has 0 bridgehead atoms. The predicted octanol–water partition coefficient (Wildman–Crippen LogP) is 2.04. The maximum Gasteiger partial charge on any atom is 0.251 e. The van der Waals surface area contributed by atoms with Crippen LogP contribution in [-0.2, 0) is 12.0 Å². The summed E-state index contributed by atoms with van der Waals surface area (Å²) in [6.07, 6.45) is 5.75. The van der Waals surface area contributed by atoms with Crippen LogP contribution in [0.25, 0.3) is 0 Å². The van der Waals surface area contributed by atoms with Crippen molar-refractivity contribution in [1.82, 2.24) is 10.3 Å². The van der Waals surface area contributed by atoms with E-state index in [1.807, 2.05) is 24.3 Å². The first-order valence-electron chi connectivity index (χ1n) is 7.18. The van der Waals surface area contributed by atoms with E-state index in [4.69, 9.17) is 0 Å². The number of nitrogens with one attached hydrogen (secondary N) is 1. The molecule has 1 atom stereocenters. The maximum absolute atomic E-state index is 12.1. The molecule has 1 aromatic carbocycles. The average molecular weight is 282 g/mol. The van der Waals surface area contributed by atoms with Gasteiger partial charge in [0.25, 0.3) is 5.91 Å². The number of aromatic nitrogens is 1. The average Bonchev–Trinajstić information content (AvgIpc) is 2.54. The molecule has 1 aliphatic carbocycles. The summed E-state index contributed by atoms with van der Waals surface area (Å²) in [5.41, 5.74) is 1.69. The van der Waals surface area contributed by atoms with E-state index in [1.165, 1.54) is 5.56 Å². The molecule has 2 N–H and O–H groups in total. The predicted molar refractivity (Wildman–Crippen MR) is 79.8 cm³/mol. The molecule has 0 saturated heterocycles. The Kier molecular flexibility index (Phi) is 3.71. The fourth-order valence-electron chi connectivity index (χ4n) is 2.91. The van der Waals surface area contributed by atoms with Crippen molar-refractivity contribution in [2.75, 3.05) is 6.54 Å². The number of pyridine rings is 1. The highest BCUT2D eigenvalue weighted by atomic mass is 16.3. The fraction of sp³-hybridized carbons (Fsp3) is 0.294. The second-order valence-corrected chi connectivity index (χ2v) is 5.46. The number of fused-ring (bicyclic) bond motifs is 1. The van der Waals surface area contributed by atoms with Crippen LogP contribution in [0.3, 0.4) is 0 Å². The van der Waals surface area contributed by atoms with Crippen LogP contribution in [0.1, 0.15) is 34.3 Å². The van der Waals surface area contributed by atoms with Gasteiger partial charge in [0.2, 0.25) is 0 Å². The van der Waals surface area contributed by atoms with Crippen molar-refractivity contribution >= 4 is 5.91 Å². The number of nitrogens with zero attached hydrogens (tertiary/aromatic N) is 1. The zero-order valence-corrected chi connectivity index (χ0v) is 11.7. The molecule has 0 aliphatic heterocycles. The Labute approximate surface area is 123 Å². The number of rotatable bonds is 3. The highest BCUT2D eigenvalue weighted by Gasteiger charge is 2.34. The summed E-state index contributed by atoms with van der Waals surface area (Å²) in [6, 6.07) is 11.2. The fourth-order valence-corrected chi connectivity index (χ4v) is 2.91. The van der Waals surface area contributed by atoms with Crippen molar-refractivity contribution in [2.24, 2.45) is 0 Å². The van der Waals surface area contributed by atoms with Gasteiger partial charge in [-0.05, 0) is 42.5 Å². The molecule has 0 spiro atoms. The number of carbonyl (C=O) groups is 1. The van der Waals surface area contributed by atoms with Gasteiger partial charge in [-0.3, -0.25) is 9.78 Å². The lowest BCUT2D eigenvalue weighted by atomic mass is 9.79. The van der Waals surface area contributed by atoms with Crippen molar-refractivity contribution in [3.8, 4) is 0 Å². The van der Waals surface area contributed by atoms with E-state index >= 15 is 0 Å². The lowest BCUT2D eigenvalue weighted by Gasteiger charge is -2.34. The van der Waals surface area contributed by atoms with Gasteiger partial charge in [-0.25, -0.2) is 0 Å². The Morgan fingerprint density at radius 1 is 1.24 bits per heavy atom. The molecule has 108 valence electrons. The second kappa shape index (κ2) is 5.66. The molecule has 1 aliphatic rings. The molecule has 0 fully saturated rings. The zero-order chi connectivity index (χ0) is 14.7. The van der Waals surface area contributed by atoms with Gasteiger partial charge in [0.1, 0.15) is 5.60 Å².